The lowest BCUT2D eigenvalue weighted by Crippen LogP contribution is -2.69. The predicted molar refractivity (Wildman–Crippen MR) is 104 cm³/mol. The summed E-state index contributed by atoms with van der Waals surface area (Å²) in [6, 6.07) is 0. The number of hydrogen-bond donors (Lipinski definition) is 2. The Labute approximate surface area is 175 Å². The number of ketones is 2. The Morgan fingerprint density at radius 3 is 2.77 bits per heavy atom. The normalized spacial score (nSPS) is 54.1. The van der Waals surface area contributed by atoms with Crippen LogP contribution in [0.5, 0.6) is 0 Å². The van der Waals surface area contributed by atoms with Crippen molar-refractivity contribution in [1.82, 2.24) is 0 Å². The lowest BCUT2D eigenvalue weighted by atomic mass is 9.44. The average Bonchev–Trinajstić information content (AvgIpc) is 3.14. The number of carbonyl (C=O) groups is 2. The van der Waals surface area contributed by atoms with Crippen molar-refractivity contribution in [1.29, 1.82) is 0 Å². The van der Waals surface area contributed by atoms with Crippen LogP contribution in [0.25, 0.3) is 0 Å². The van der Waals surface area contributed by atoms with Gasteiger partial charge in [0, 0.05) is 16.7 Å². The van der Waals surface area contributed by atoms with Crippen LogP contribution in [0.1, 0.15) is 46.5 Å². The Hall–Kier alpha value is -1.41. The molecule has 0 aromatic carbocycles. The summed E-state index contributed by atoms with van der Waals surface area (Å²) in [5.74, 6) is -1.41. The Morgan fingerprint density at radius 1 is 1.33 bits per heavy atom. The summed E-state index contributed by atoms with van der Waals surface area (Å²) in [7, 11) is 0. The predicted octanol–water partition coefficient (Wildman–Crippen LogP) is 2.03. The van der Waals surface area contributed by atoms with E-state index in [1.807, 2.05) is 6.92 Å². The van der Waals surface area contributed by atoms with E-state index in [1.165, 1.54) is 12.2 Å². The van der Waals surface area contributed by atoms with Crippen molar-refractivity contribution in [3.8, 4) is 0 Å². The maximum atomic E-state index is 17.1. The van der Waals surface area contributed by atoms with Gasteiger partial charge in [-0.15, -0.1) is 0 Å². The third-order valence-electron chi connectivity index (χ3n) is 9.07. The van der Waals surface area contributed by atoms with Crippen molar-refractivity contribution in [2.45, 2.75) is 76.2 Å². The molecule has 9 atom stereocenters. The fraction of sp³-hybridized carbons (Fsp3) is 0.739. The van der Waals surface area contributed by atoms with E-state index in [9.17, 15) is 19.8 Å². The topological polar surface area (TPSA) is 93.1 Å². The first-order valence-electron chi connectivity index (χ1n) is 10.8. The van der Waals surface area contributed by atoms with Gasteiger partial charge in [-0.1, -0.05) is 18.6 Å². The second kappa shape index (κ2) is 6.09. The van der Waals surface area contributed by atoms with Crippen LogP contribution >= 0.6 is 0 Å². The number of aliphatic hydroxyl groups excluding tert-OH is 2. The van der Waals surface area contributed by atoms with Gasteiger partial charge in [0.25, 0.3) is 0 Å². The van der Waals surface area contributed by atoms with E-state index in [0.717, 1.165) is 5.57 Å². The number of fused-ring (bicyclic) bond motifs is 7. The molecule has 0 aromatic heterocycles. The first-order chi connectivity index (χ1) is 14.0. The van der Waals surface area contributed by atoms with Gasteiger partial charge in [-0.05, 0) is 57.6 Å². The molecule has 5 aliphatic rings. The van der Waals surface area contributed by atoms with E-state index in [1.54, 1.807) is 19.9 Å². The SMILES string of the molecule is CC1O[C@@H]2C[C@H]3[C@@H]4CCC5=CC(=O)C=C[C@]5(C)[C@@]4(F)[C@@H](O)C[C@]3(C)[C@]2(C(=O)CO)O1. The highest BCUT2D eigenvalue weighted by Gasteiger charge is 2.79. The third kappa shape index (κ3) is 2.08. The zero-order valence-corrected chi connectivity index (χ0v) is 17.6. The van der Waals surface area contributed by atoms with Crippen LogP contribution in [-0.2, 0) is 19.1 Å². The number of ether oxygens (including phenoxy) is 2. The van der Waals surface area contributed by atoms with E-state index in [0.29, 0.717) is 19.3 Å². The molecule has 30 heavy (non-hydrogen) atoms. The van der Waals surface area contributed by atoms with Crippen LogP contribution in [0.4, 0.5) is 4.39 Å². The molecule has 0 radical (unpaired) electrons. The molecule has 164 valence electrons. The molecule has 5 rings (SSSR count). The lowest BCUT2D eigenvalue weighted by molar-refractivity contribution is -0.229. The van der Waals surface area contributed by atoms with Crippen molar-refractivity contribution in [3.05, 3.63) is 23.8 Å². The molecule has 1 aliphatic heterocycles. The van der Waals surface area contributed by atoms with E-state index in [2.05, 4.69) is 0 Å². The summed E-state index contributed by atoms with van der Waals surface area (Å²) in [6.07, 6.45) is 3.47. The first-order valence-corrected chi connectivity index (χ1v) is 10.8. The van der Waals surface area contributed by atoms with Crippen molar-refractivity contribution in [3.63, 3.8) is 0 Å². The molecule has 1 saturated heterocycles. The number of rotatable bonds is 2. The monoisotopic (exact) mass is 420 g/mol. The number of allylic oxidation sites excluding steroid dienone is 4. The Balaban J connectivity index is 1.63. The zero-order valence-electron chi connectivity index (χ0n) is 17.6. The Bertz CT molecular complexity index is 883. The van der Waals surface area contributed by atoms with Gasteiger partial charge < -0.3 is 19.7 Å². The minimum atomic E-state index is -1.97. The molecule has 7 heteroatoms. The van der Waals surface area contributed by atoms with E-state index < -0.39 is 58.9 Å². The van der Waals surface area contributed by atoms with E-state index in [-0.39, 0.29) is 18.1 Å². The van der Waals surface area contributed by atoms with Crippen LogP contribution in [0.15, 0.2) is 23.8 Å². The van der Waals surface area contributed by atoms with Crippen LogP contribution < -0.4 is 0 Å². The van der Waals surface area contributed by atoms with Crippen LogP contribution in [0.2, 0.25) is 0 Å². The minimum absolute atomic E-state index is 0.0215. The largest absolute Gasteiger partial charge is 0.390 e. The molecule has 1 unspecified atom stereocenters. The van der Waals surface area contributed by atoms with Gasteiger partial charge in [-0.25, -0.2) is 4.39 Å². The third-order valence-corrected chi connectivity index (χ3v) is 9.07. The first kappa shape index (κ1) is 20.5. The zero-order chi connectivity index (χ0) is 21.7. The molecule has 4 aliphatic carbocycles. The summed E-state index contributed by atoms with van der Waals surface area (Å²) >= 11 is 0. The average molecular weight is 420 g/mol. The summed E-state index contributed by atoms with van der Waals surface area (Å²) in [6.45, 7) is 4.67. The van der Waals surface area contributed by atoms with Crippen LogP contribution in [0, 0.1) is 22.7 Å². The fourth-order valence-electron chi connectivity index (χ4n) is 7.75. The van der Waals surface area contributed by atoms with Gasteiger partial charge in [0.05, 0.1) is 12.2 Å². The molecule has 1 heterocycles. The molecule has 0 amide bonds. The van der Waals surface area contributed by atoms with E-state index in [4.69, 9.17) is 9.47 Å². The number of hydrogen-bond acceptors (Lipinski definition) is 6. The highest BCUT2D eigenvalue weighted by Crippen LogP contribution is 2.71. The minimum Gasteiger partial charge on any atom is -0.390 e. The van der Waals surface area contributed by atoms with Gasteiger partial charge >= 0.3 is 0 Å². The number of halogens is 1. The molecule has 4 fully saturated rings. The van der Waals surface area contributed by atoms with Crippen LogP contribution in [-0.4, -0.2) is 58.2 Å². The molecule has 0 spiro atoms. The second-order valence-electron chi connectivity index (χ2n) is 10.1. The van der Waals surface area contributed by atoms with Crippen molar-refractivity contribution < 1.29 is 33.7 Å². The van der Waals surface area contributed by atoms with Gasteiger partial charge in [0.2, 0.25) is 0 Å². The highest BCUT2D eigenvalue weighted by molar-refractivity contribution is 6.01. The molecular formula is C23H29FO6. The second-order valence-corrected chi connectivity index (χ2v) is 10.1. The van der Waals surface area contributed by atoms with Gasteiger partial charge in [0.15, 0.2) is 29.1 Å². The Kier molecular flexibility index (Phi) is 4.16. The summed E-state index contributed by atoms with van der Waals surface area (Å²) < 4.78 is 29.1. The molecular weight excluding hydrogens is 391 g/mol. The highest BCUT2D eigenvalue weighted by atomic mass is 19.1. The number of aliphatic hydroxyl groups is 2. The molecule has 6 nitrogen and oxygen atoms in total. The molecule has 2 N–H and O–H groups in total. The lowest BCUT2D eigenvalue weighted by Gasteiger charge is -2.62. The quantitative estimate of drug-likeness (QED) is 0.710. The molecule has 0 aromatic rings. The van der Waals surface area contributed by atoms with Crippen molar-refractivity contribution >= 4 is 11.6 Å². The van der Waals surface area contributed by atoms with Gasteiger partial charge in [0.1, 0.15) is 6.61 Å². The van der Waals surface area contributed by atoms with Gasteiger partial charge in [-0.3, -0.25) is 9.59 Å². The number of Topliss-reactive ketones (excluding diaryl/α,β-unsaturated/α-hetero) is 1. The van der Waals surface area contributed by atoms with E-state index >= 15 is 4.39 Å². The standard InChI is InChI=1S/C23H29FO6/c1-12-29-19-9-16-15-5-4-13-8-14(26)6-7-20(13,2)22(15,24)17(27)10-21(16,3)23(19,30-12)18(28)11-25/h6-8,12,15-17,19,25,27H,4-5,9-11H2,1-3H3/t12?,15-,16-,17-,19+,20-,21-,22-,23+/m0/s1. The smallest absolute Gasteiger partial charge is 0.193 e. The fourth-order valence-corrected chi connectivity index (χ4v) is 7.75. The molecule has 0 bridgehead atoms. The van der Waals surface area contributed by atoms with Gasteiger partial charge in [-0.2, -0.15) is 0 Å². The maximum absolute atomic E-state index is 17.1. The van der Waals surface area contributed by atoms with Crippen LogP contribution in [0.3, 0.4) is 0 Å². The summed E-state index contributed by atoms with van der Waals surface area (Å²) in [4.78, 5) is 24.9. The number of carbonyl (C=O) groups excluding carboxylic acids is 2. The summed E-state index contributed by atoms with van der Waals surface area (Å²) in [5.41, 5.74) is -4.58. The molecule has 3 saturated carbocycles. The van der Waals surface area contributed by atoms with Crippen molar-refractivity contribution in [2.24, 2.45) is 22.7 Å². The maximum Gasteiger partial charge on any atom is 0.193 e. The number of alkyl halides is 1. The van der Waals surface area contributed by atoms with Crippen molar-refractivity contribution in [2.75, 3.05) is 6.61 Å². The Morgan fingerprint density at radius 2 is 2.07 bits per heavy atom. The summed E-state index contributed by atoms with van der Waals surface area (Å²) in [5, 5.41) is 21.0.